The first kappa shape index (κ1) is 11.5. The molecule has 4 heteroatoms. The summed E-state index contributed by atoms with van der Waals surface area (Å²) in [4.78, 5) is 11.8. The van der Waals surface area contributed by atoms with Crippen LogP contribution in [0.15, 0.2) is 24.3 Å². The van der Waals surface area contributed by atoms with E-state index in [0.29, 0.717) is 18.2 Å². The van der Waals surface area contributed by atoms with Crippen molar-refractivity contribution in [2.24, 2.45) is 5.73 Å². The molecule has 1 amide bonds. The summed E-state index contributed by atoms with van der Waals surface area (Å²) in [7, 11) is 0. The van der Waals surface area contributed by atoms with Gasteiger partial charge in [0.2, 0.25) is 0 Å². The van der Waals surface area contributed by atoms with E-state index in [4.69, 9.17) is 5.73 Å². The Labute approximate surface area is 99.8 Å². The smallest absolute Gasteiger partial charge is 0.251 e. The van der Waals surface area contributed by atoms with Gasteiger partial charge in [0.15, 0.2) is 0 Å². The Kier molecular flexibility index (Phi) is 3.85. The van der Waals surface area contributed by atoms with Crippen LogP contribution >= 0.6 is 11.8 Å². The van der Waals surface area contributed by atoms with Crippen LogP contribution in [0.4, 0.5) is 0 Å². The van der Waals surface area contributed by atoms with Gasteiger partial charge in [0.25, 0.3) is 5.91 Å². The van der Waals surface area contributed by atoms with Crippen LogP contribution < -0.4 is 11.1 Å². The highest BCUT2D eigenvalue weighted by Gasteiger charge is 2.18. The van der Waals surface area contributed by atoms with Crippen molar-refractivity contribution in [1.82, 2.24) is 5.32 Å². The Morgan fingerprint density at radius 3 is 2.75 bits per heavy atom. The fraction of sp³-hybridized carbons (Fsp3) is 0.417. The highest BCUT2D eigenvalue weighted by atomic mass is 32.2. The number of hydrogen-bond donors (Lipinski definition) is 2. The molecule has 1 unspecified atom stereocenters. The van der Waals surface area contributed by atoms with Crippen molar-refractivity contribution in [2.75, 3.05) is 11.5 Å². The van der Waals surface area contributed by atoms with E-state index in [9.17, 15) is 4.79 Å². The molecule has 1 heterocycles. The lowest BCUT2D eigenvalue weighted by Gasteiger charge is -2.11. The molecule has 0 spiro atoms. The number of carbonyl (C=O) groups is 1. The second kappa shape index (κ2) is 5.37. The number of rotatable bonds is 3. The van der Waals surface area contributed by atoms with Gasteiger partial charge in [-0.1, -0.05) is 12.1 Å². The van der Waals surface area contributed by atoms with E-state index in [1.54, 1.807) is 0 Å². The summed E-state index contributed by atoms with van der Waals surface area (Å²) in [5.74, 6) is 2.21. The molecule has 1 aliphatic rings. The third-order valence-electron chi connectivity index (χ3n) is 2.72. The number of carbonyl (C=O) groups excluding carboxylic acids is 1. The standard InChI is InChI=1S/C12H16N2OS/c13-7-9-1-3-10(4-2-9)12(15)14-11-5-6-16-8-11/h1-4,11H,5-8,13H2,(H,14,15). The van der Waals surface area contributed by atoms with E-state index < -0.39 is 0 Å². The Balaban J connectivity index is 1.97. The molecule has 86 valence electrons. The Hall–Kier alpha value is -1.00. The van der Waals surface area contributed by atoms with Gasteiger partial charge < -0.3 is 11.1 Å². The van der Waals surface area contributed by atoms with Gasteiger partial charge in [0.1, 0.15) is 0 Å². The molecule has 0 bridgehead atoms. The van der Waals surface area contributed by atoms with Crippen LogP contribution in [0.3, 0.4) is 0 Å². The zero-order valence-electron chi connectivity index (χ0n) is 9.11. The quantitative estimate of drug-likeness (QED) is 0.833. The first-order chi connectivity index (χ1) is 7.79. The van der Waals surface area contributed by atoms with E-state index in [1.165, 1.54) is 0 Å². The van der Waals surface area contributed by atoms with Gasteiger partial charge in [-0.25, -0.2) is 0 Å². The fourth-order valence-electron chi connectivity index (χ4n) is 1.71. The molecule has 3 nitrogen and oxygen atoms in total. The third-order valence-corrected chi connectivity index (χ3v) is 3.88. The minimum atomic E-state index is 0.0241. The lowest BCUT2D eigenvalue weighted by Crippen LogP contribution is -2.34. The third kappa shape index (κ3) is 2.77. The van der Waals surface area contributed by atoms with E-state index in [2.05, 4.69) is 5.32 Å². The molecule has 1 aromatic rings. The SMILES string of the molecule is NCc1ccc(C(=O)NC2CCSC2)cc1. The molecule has 0 saturated carbocycles. The summed E-state index contributed by atoms with van der Waals surface area (Å²) in [6, 6.07) is 7.81. The predicted octanol–water partition coefficient (Wildman–Crippen LogP) is 1.38. The zero-order chi connectivity index (χ0) is 11.4. The number of benzene rings is 1. The van der Waals surface area contributed by atoms with Gasteiger partial charge in [0.05, 0.1) is 0 Å². The highest BCUT2D eigenvalue weighted by molar-refractivity contribution is 7.99. The van der Waals surface area contributed by atoms with E-state index in [0.717, 1.165) is 23.5 Å². The maximum absolute atomic E-state index is 11.8. The molecule has 1 atom stereocenters. The van der Waals surface area contributed by atoms with Gasteiger partial charge in [0, 0.05) is 23.9 Å². The lowest BCUT2D eigenvalue weighted by molar-refractivity contribution is 0.0941. The van der Waals surface area contributed by atoms with Crippen LogP contribution in [-0.2, 0) is 6.54 Å². The fourth-order valence-corrected chi connectivity index (χ4v) is 2.86. The van der Waals surface area contributed by atoms with Gasteiger partial charge in [-0.3, -0.25) is 4.79 Å². The number of amides is 1. The van der Waals surface area contributed by atoms with Gasteiger partial charge in [-0.2, -0.15) is 11.8 Å². The minimum Gasteiger partial charge on any atom is -0.348 e. The average Bonchev–Trinajstić information content (AvgIpc) is 2.82. The first-order valence-corrected chi connectivity index (χ1v) is 6.62. The summed E-state index contributed by atoms with van der Waals surface area (Å²) in [5, 5.41) is 3.04. The highest BCUT2D eigenvalue weighted by Crippen LogP contribution is 2.17. The molecule has 3 N–H and O–H groups in total. The van der Waals surface area contributed by atoms with E-state index >= 15 is 0 Å². The second-order valence-corrected chi connectivity index (χ2v) is 5.08. The molecular formula is C12H16N2OS. The van der Waals surface area contributed by atoms with Crippen LogP contribution in [-0.4, -0.2) is 23.5 Å². The zero-order valence-corrected chi connectivity index (χ0v) is 9.93. The van der Waals surface area contributed by atoms with Crippen molar-refractivity contribution in [3.8, 4) is 0 Å². The van der Waals surface area contributed by atoms with Crippen LogP contribution in [0.2, 0.25) is 0 Å². The topological polar surface area (TPSA) is 55.1 Å². The van der Waals surface area contributed by atoms with Gasteiger partial charge in [-0.05, 0) is 29.9 Å². The van der Waals surface area contributed by atoms with Crippen molar-refractivity contribution < 1.29 is 4.79 Å². The molecule has 1 fully saturated rings. The largest absolute Gasteiger partial charge is 0.348 e. The van der Waals surface area contributed by atoms with Crippen molar-refractivity contribution in [1.29, 1.82) is 0 Å². The molecule has 0 aromatic heterocycles. The van der Waals surface area contributed by atoms with Crippen molar-refractivity contribution in [3.05, 3.63) is 35.4 Å². The van der Waals surface area contributed by atoms with Crippen LogP contribution in [0, 0.1) is 0 Å². The molecule has 0 aliphatic carbocycles. The van der Waals surface area contributed by atoms with Gasteiger partial charge in [-0.15, -0.1) is 0 Å². The summed E-state index contributed by atoms with van der Waals surface area (Å²) in [5.41, 5.74) is 7.27. The van der Waals surface area contributed by atoms with E-state index in [-0.39, 0.29) is 5.91 Å². The van der Waals surface area contributed by atoms with Crippen LogP contribution in [0.5, 0.6) is 0 Å². The summed E-state index contributed by atoms with van der Waals surface area (Å²) in [6.45, 7) is 0.515. The molecule has 1 aromatic carbocycles. The van der Waals surface area contributed by atoms with Crippen molar-refractivity contribution in [2.45, 2.75) is 19.0 Å². The number of nitrogens with two attached hydrogens (primary N) is 1. The van der Waals surface area contributed by atoms with Gasteiger partial charge >= 0.3 is 0 Å². The number of nitrogens with one attached hydrogen (secondary N) is 1. The van der Waals surface area contributed by atoms with Crippen LogP contribution in [0.1, 0.15) is 22.3 Å². The molecule has 16 heavy (non-hydrogen) atoms. The Bertz CT molecular complexity index is 358. The predicted molar refractivity (Wildman–Crippen MR) is 67.5 cm³/mol. The number of hydrogen-bond acceptors (Lipinski definition) is 3. The summed E-state index contributed by atoms with van der Waals surface area (Å²) < 4.78 is 0. The molecular weight excluding hydrogens is 220 g/mol. The normalized spacial score (nSPS) is 19.7. The summed E-state index contributed by atoms with van der Waals surface area (Å²) in [6.07, 6.45) is 1.08. The molecule has 0 radical (unpaired) electrons. The maximum atomic E-state index is 11.8. The van der Waals surface area contributed by atoms with Crippen molar-refractivity contribution in [3.63, 3.8) is 0 Å². The Morgan fingerprint density at radius 2 is 2.19 bits per heavy atom. The first-order valence-electron chi connectivity index (χ1n) is 5.47. The molecule has 2 rings (SSSR count). The Morgan fingerprint density at radius 1 is 1.44 bits per heavy atom. The number of thioether (sulfide) groups is 1. The minimum absolute atomic E-state index is 0.0241. The molecule has 1 aliphatic heterocycles. The monoisotopic (exact) mass is 236 g/mol. The van der Waals surface area contributed by atoms with Crippen molar-refractivity contribution >= 4 is 17.7 Å². The maximum Gasteiger partial charge on any atom is 0.251 e. The van der Waals surface area contributed by atoms with E-state index in [1.807, 2.05) is 36.0 Å². The lowest BCUT2D eigenvalue weighted by atomic mass is 10.1. The summed E-state index contributed by atoms with van der Waals surface area (Å²) >= 11 is 1.89. The van der Waals surface area contributed by atoms with Crippen LogP contribution in [0.25, 0.3) is 0 Å². The molecule has 1 saturated heterocycles. The second-order valence-electron chi connectivity index (χ2n) is 3.94. The average molecular weight is 236 g/mol.